The summed E-state index contributed by atoms with van der Waals surface area (Å²) < 4.78 is 12.7. The van der Waals surface area contributed by atoms with Gasteiger partial charge in [0.1, 0.15) is 11.5 Å². The van der Waals surface area contributed by atoms with Crippen molar-refractivity contribution in [2.75, 3.05) is 14.2 Å². The van der Waals surface area contributed by atoms with Crippen molar-refractivity contribution in [2.45, 2.75) is 13.0 Å². The summed E-state index contributed by atoms with van der Waals surface area (Å²) in [6, 6.07) is 5.91. The van der Waals surface area contributed by atoms with Crippen LogP contribution < -0.4 is 9.47 Å². The molecule has 3 aromatic rings. The Labute approximate surface area is 128 Å². The SMILES string of the molecule is COc1cc(CCn2ccnc2-c2ncc[nH]2)cc(OC)c1. The quantitative estimate of drug-likeness (QED) is 0.759. The zero-order valence-electron chi connectivity index (χ0n) is 12.6. The largest absolute Gasteiger partial charge is 0.497 e. The summed E-state index contributed by atoms with van der Waals surface area (Å²) in [6.07, 6.45) is 8.10. The molecule has 0 spiro atoms. The number of rotatable bonds is 6. The molecule has 0 aliphatic rings. The Morgan fingerprint density at radius 1 is 1.05 bits per heavy atom. The van der Waals surface area contributed by atoms with Gasteiger partial charge in [-0.05, 0) is 24.1 Å². The highest BCUT2D eigenvalue weighted by atomic mass is 16.5. The number of nitrogens with one attached hydrogen (secondary N) is 1. The maximum Gasteiger partial charge on any atom is 0.176 e. The Bertz CT molecular complexity index is 712. The summed E-state index contributed by atoms with van der Waals surface area (Å²) in [6.45, 7) is 0.798. The van der Waals surface area contributed by atoms with Crippen LogP contribution >= 0.6 is 0 Å². The van der Waals surface area contributed by atoms with E-state index in [9.17, 15) is 0 Å². The number of benzene rings is 1. The molecule has 0 radical (unpaired) electrons. The number of nitrogens with zero attached hydrogens (tertiary/aromatic N) is 3. The smallest absolute Gasteiger partial charge is 0.176 e. The lowest BCUT2D eigenvalue weighted by atomic mass is 10.1. The maximum absolute atomic E-state index is 5.30. The van der Waals surface area contributed by atoms with Crippen LogP contribution in [0.2, 0.25) is 0 Å². The van der Waals surface area contributed by atoms with Gasteiger partial charge in [-0.15, -0.1) is 0 Å². The molecule has 0 atom stereocenters. The average molecular weight is 298 g/mol. The van der Waals surface area contributed by atoms with Gasteiger partial charge >= 0.3 is 0 Å². The lowest BCUT2D eigenvalue weighted by molar-refractivity contribution is 0.393. The zero-order chi connectivity index (χ0) is 15.4. The van der Waals surface area contributed by atoms with Gasteiger partial charge in [0.05, 0.1) is 14.2 Å². The van der Waals surface area contributed by atoms with Gasteiger partial charge in [0.2, 0.25) is 0 Å². The molecule has 3 rings (SSSR count). The molecule has 0 bridgehead atoms. The van der Waals surface area contributed by atoms with E-state index in [2.05, 4.69) is 19.5 Å². The molecule has 22 heavy (non-hydrogen) atoms. The highest BCUT2D eigenvalue weighted by molar-refractivity contribution is 5.43. The van der Waals surface area contributed by atoms with Crippen molar-refractivity contribution in [3.8, 4) is 23.1 Å². The summed E-state index contributed by atoms with van der Waals surface area (Å²) in [5.74, 6) is 3.20. The topological polar surface area (TPSA) is 65.0 Å². The first-order valence-electron chi connectivity index (χ1n) is 7.03. The predicted molar refractivity (Wildman–Crippen MR) is 83.1 cm³/mol. The molecule has 114 valence electrons. The van der Waals surface area contributed by atoms with Crippen molar-refractivity contribution < 1.29 is 9.47 Å². The lowest BCUT2D eigenvalue weighted by Gasteiger charge is -2.10. The van der Waals surface area contributed by atoms with E-state index in [4.69, 9.17) is 9.47 Å². The van der Waals surface area contributed by atoms with Crippen LogP contribution in [0, 0.1) is 0 Å². The van der Waals surface area contributed by atoms with Crippen LogP contribution in [0.3, 0.4) is 0 Å². The molecule has 0 saturated heterocycles. The molecule has 6 nitrogen and oxygen atoms in total. The van der Waals surface area contributed by atoms with Crippen LogP contribution in [0.15, 0.2) is 43.0 Å². The number of aromatic nitrogens is 4. The standard InChI is InChI=1S/C16H18N4O2/c1-21-13-9-12(10-14(11-13)22-2)3-7-20-8-6-19-16(20)15-17-4-5-18-15/h4-6,8-11H,3,7H2,1-2H3,(H,17,18). The Morgan fingerprint density at radius 3 is 2.45 bits per heavy atom. The maximum atomic E-state index is 5.30. The van der Waals surface area contributed by atoms with Gasteiger partial charge in [0.25, 0.3) is 0 Å². The van der Waals surface area contributed by atoms with Crippen LogP contribution in [-0.4, -0.2) is 33.7 Å². The van der Waals surface area contributed by atoms with Gasteiger partial charge < -0.3 is 19.0 Å². The monoisotopic (exact) mass is 298 g/mol. The first-order chi connectivity index (χ1) is 10.8. The second-order valence-electron chi connectivity index (χ2n) is 4.85. The number of ether oxygens (including phenoxy) is 2. The number of H-pyrrole nitrogens is 1. The van der Waals surface area contributed by atoms with Gasteiger partial charge in [-0.1, -0.05) is 0 Å². The fourth-order valence-electron chi connectivity index (χ4n) is 2.35. The molecular weight excluding hydrogens is 280 g/mol. The number of imidazole rings is 2. The molecule has 0 aliphatic carbocycles. The number of aryl methyl sites for hydroxylation is 2. The van der Waals surface area contributed by atoms with E-state index in [1.807, 2.05) is 24.4 Å². The lowest BCUT2D eigenvalue weighted by Crippen LogP contribution is -2.04. The van der Waals surface area contributed by atoms with Crippen molar-refractivity contribution in [2.24, 2.45) is 0 Å². The summed E-state index contributed by atoms with van der Waals surface area (Å²) in [4.78, 5) is 11.7. The molecule has 6 heteroatoms. The minimum absolute atomic E-state index is 0.772. The molecule has 2 aromatic heterocycles. The van der Waals surface area contributed by atoms with Crippen LogP contribution in [0.4, 0.5) is 0 Å². The van der Waals surface area contributed by atoms with Crippen molar-refractivity contribution in [1.82, 2.24) is 19.5 Å². The first kappa shape index (κ1) is 14.2. The van der Waals surface area contributed by atoms with E-state index < -0.39 is 0 Å². The van der Waals surface area contributed by atoms with E-state index >= 15 is 0 Å². The van der Waals surface area contributed by atoms with Gasteiger partial charge in [0, 0.05) is 37.4 Å². The zero-order valence-corrected chi connectivity index (χ0v) is 12.6. The Hall–Kier alpha value is -2.76. The molecule has 0 unspecified atom stereocenters. The van der Waals surface area contributed by atoms with E-state index in [0.29, 0.717) is 0 Å². The minimum atomic E-state index is 0.772. The van der Waals surface area contributed by atoms with Crippen LogP contribution in [0.5, 0.6) is 11.5 Å². The fraction of sp³-hybridized carbons (Fsp3) is 0.250. The summed E-state index contributed by atoms with van der Waals surface area (Å²) in [7, 11) is 3.31. The van der Waals surface area contributed by atoms with Gasteiger partial charge in [-0.3, -0.25) is 0 Å². The van der Waals surface area contributed by atoms with Crippen molar-refractivity contribution in [3.05, 3.63) is 48.5 Å². The van der Waals surface area contributed by atoms with Crippen molar-refractivity contribution in [3.63, 3.8) is 0 Å². The molecular formula is C16H18N4O2. The molecule has 0 aliphatic heterocycles. The van der Waals surface area contributed by atoms with E-state index in [1.165, 1.54) is 0 Å². The first-order valence-corrected chi connectivity index (χ1v) is 7.03. The Balaban J connectivity index is 1.77. The van der Waals surface area contributed by atoms with E-state index in [0.717, 1.165) is 41.7 Å². The highest BCUT2D eigenvalue weighted by Crippen LogP contribution is 2.23. The summed E-state index contributed by atoms with van der Waals surface area (Å²) >= 11 is 0. The number of hydrogen-bond acceptors (Lipinski definition) is 4. The van der Waals surface area contributed by atoms with Crippen LogP contribution in [0.25, 0.3) is 11.6 Å². The predicted octanol–water partition coefficient (Wildman–Crippen LogP) is 2.53. The van der Waals surface area contributed by atoms with Gasteiger partial charge in [-0.2, -0.15) is 0 Å². The second-order valence-corrected chi connectivity index (χ2v) is 4.85. The normalized spacial score (nSPS) is 10.6. The van der Waals surface area contributed by atoms with E-state index in [-0.39, 0.29) is 0 Å². The Morgan fingerprint density at radius 2 is 1.82 bits per heavy atom. The molecule has 0 saturated carbocycles. The third kappa shape index (κ3) is 2.95. The second kappa shape index (κ2) is 6.34. The minimum Gasteiger partial charge on any atom is -0.497 e. The third-order valence-corrected chi connectivity index (χ3v) is 3.48. The van der Waals surface area contributed by atoms with Gasteiger partial charge in [-0.25, -0.2) is 9.97 Å². The number of hydrogen-bond donors (Lipinski definition) is 1. The molecule has 0 amide bonds. The number of aromatic amines is 1. The van der Waals surface area contributed by atoms with Crippen LogP contribution in [-0.2, 0) is 13.0 Å². The average Bonchev–Trinajstić information content (AvgIpc) is 3.23. The van der Waals surface area contributed by atoms with Crippen molar-refractivity contribution >= 4 is 0 Å². The molecule has 1 N–H and O–H groups in total. The van der Waals surface area contributed by atoms with Gasteiger partial charge in [0.15, 0.2) is 11.6 Å². The third-order valence-electron chi connectivity index (χ3n) is 3.48. The highest BCUT2D eigenvalue weighted by Gasteiger charge is 2.08. The van der Waals surface area contributed by atoms with Crippen molar-refractivity contribution in [1.29, 1.82) is 0 Å². The summed E-state index contributed by atoms with van der Waals surface area (Å²) in [5.41, 5.74) is 1.15. The fourth-order valence-corrected chi connectivity index (χ4v) is 2.35. The van der Waals surface area contributed by atoms with E-state index in [1.54, 1.807) is 32.8 Å². The molecule has 0 fully saturated rings. The number of methoxy groups -OCH3 is 2. The molecule has 2 heterocycles. The molecule has 1 aromatic carbocycles. The summed E-state index contributed by atoms with van der Waals surface area (Å²) in [5, 5.41) is 0. The van der Waals surface area contributed by atoms with Crippen LogP contribution in [0.1, 0.15) is 5.56 Å². The Kier molecular flexibility index (Phi) is 4.09.